The molecule has 4 nitrogen and oxygen atoms in total. The number of likely N-dealkylation sites (tertiary alicyclic amines) is 1. The molecule has 2 unspecified atom stereocenters. The lowest BCUT2D eigenvalue weighted by atomic mass is 10.1. The zero-order valence-electron chi connectivity index (χ0n) is 8.29. The number of fused-ring (bicyclic) bond motifs is 1. The normalized spacial score (nSPS) is 32.0. The van der Waals surface area contributed by atoms with Crippen LogP contribution in [0.1, 0.15) is 6.42 Å². The zero-order valence-corrected chi connectivity index (χ0v) is 8.29. The van der Waals surface area contributed by atoms with Gasteiger partial charge in [0.25, 0.3) is 0 Å². The second-order valence-electron chi connectivity index (χ2n) is 4.14. The Hall–Kier alpha value is -0.770. The van der Waals surface area contributed by atoms with Crippen molar-refractivity contribution in [2.24, 2.45) is 5.92 Å². The summed E-state index contributed by atoms with van der Waals surface area (Å²) in [4.78, 5) is 15.4. The molecule has 2 rings (SSSR count). The van der Waals surface area contributed by atoms with Gasteiger partial charge < -0.3 is 15.1 Å². The molecule has 2 saturated heterocycles. The van der Waals surface area contributed by atoms with Crippen LogP contribution < -0.4 is 5.32 Å². The summed E-state index contributed by atoms with van der Waals surface area (Å²) in [5, 5.41) is 3.34. The Morgan fingerprint density at radius 3 is 2.92 bits per heavy atom. The molecule has 2 aliphatic rings. The van der Waals surface area contributed by atoms with E-state index in [1.807, 2.05) is 19.0 Å². The van der Waals surface area contributed by atoms with Crippen LogP contribution in [0.4, 0.5) is 4.79 Å². The Kier molecular flexibility index (Phi) is 2.15. The molecule has 2 amide bonds. The van der Waals surface area contributed by atoms with Gasteiger partial charge in [-0.2, -0.15) is 0 Å². The monoisotopic (exact) mass is 183 g/mol. The largest absolute Gasteiger partial charge is 0.331 e. The Morgan fingerprint density at radius 1 is 1.46 bits per heavy atom. The van der Waals surface area contributed by atoms with Crippen molar-refractivity contribution in [1.82, 2.24) is 15.1 Å². The smallest absolute Gasteiger partial charge is 0.319 e. The van der Waals surface area contributed by atoms with E-state index in [4.69, 9.17) is 0 Å². The van der Waals surface area contributed by atoms with Crippen LogP contribution >= 0.6 is 0 Å². The van der Waals surface area contributed by atoms with E-state index in [0.29, 0.717) is 12.0 Å². The number of amides is 2. The van der Waals surface area contributed by atoms with Crippen LogP contribution in [0.5, 0.6) is 0 Å². The maximum Gasteiger partial charge on any atom is 0.319 e. The van der Waals surface area contributed by atoms with Gasteiger partial charge in [-0.05, 0) is 12.3 Å². The average molecular weight is 183 g/mol. The SMILES string of the molecule is CN(C)C(=O)N1CCC2CNCC21. The van der Waals surface area contributed by atoms with E-state index in [1.54, 1.807) is 4.90 Å². The van der Waals surface area contributed by atoms with Gasteiger partial charge in [-0.1, -0.05) is 0 Å². The lowest BCUT2D eigenvalue weighted by Crippen LogP contribution is -2.44. The first-order valence-electron chi connectivity index (χ1n) is 4.89. The van der Waals surface area contributed by atoms with Crippen LogP contribution in [0.15, 0.2) is 0 Å². The molecule has 2 aliphatic heterocycles. The van der Waals surface area contributed by atoms with Crippen molar-refractivity contribution in [2.75, 3.05) is 33.7 Å². The first-order chi connectivity index (χ1) is 6.20. The maximum atomic E-state index is 11.7. The van der Waals surface area contributed by atoms with Crippen molar-refractivity contribution in [3.63, 3.8) is 0 Å². The second-order valence-corrected chi connectivity index (χ2v) is 4.14. The summed E-state index contributed by atoms with van der Waals surface area (Å²) in [5.41, 5.74) is 0. The van der Waals surface area contributed by atoms with Crippen LogP contribution in [0.2, 0.25) is 0 Å². The van der Waals surface area contributed by atoms with Gasteiger partial charge in [-0.15, -0.1) is 0 Å². The number of nitrogens with zero attached hydrogens (tertiary/aromatic N) is 2. The van der Waals surface area contributed by atoms with E-state index in [2.05, 4.69) is 5.32 Å². The van der Waals surface area contributed by atoms with Crippen molar-refractivity contribution < 1.29 is 4.79 Å². The lowest BCUT2D eigenvalue weighted by Gasteiger charge is -2.26. The van der Waals surface area contributed by atoms with E-state index in [-0.39, 0.29) is 6.03 Å². The van der Waals surface area contributed by atoms with Crippen LogP contribution in [0, 0.1) is 5.92 Å². The molecule has 0 aromatic carbocycles. The number of rotatable bonds is 0. The maximum absolute atomic E-state index is 11.7. The summed E-state index contributed by atoms with van der Waals surface area (Å²) in [6.45, 7) is 3.00. The van der Waals surface area contributed by atoms with Gasteiger partial charge in [0.15, 0.2) is 0 Å². The molecule has 2 fully saturated rings. The lowest BCUT2D eigenvalue weighted by molar-refractivity contribution is 0.166. The van der Waals surface area contributed by atoms with Gasteiger partial charge in [0, 0.05) is 39.8 Å². The fraction of sp³-hybridized carbons (Fsp3) is 0.889. The predicted octanol–water partition coefficient (Wildman–Crippen LogP) is -0.0383. The molecule has 0 spiro atoms. The highest BCUT2D eigenvalue weighted by atomic mass is 16.2. The van der Waals surface area contributed by atoms with Crippen molar-refractivity contribution in [3.8, 4) is 0 Å². The van der Waals surface area contributed by atoms with E-state index in [9.17, 15) is 4.79 Å². The van der Waals surface area contributed by atoms with E-state index in [0.717, 1.165) is 26.1 Å². The highest BCUT2D eigenvalue weighted by Crippen LogP contribution is 2.27. The summed E-state index contributed by atoms with van der Waals surface area (Å²) in [5.74, 6) is 0.698. The minimum Gasteiger partial charge on any atom is -0.331 e. The number of hydrogen-bond acceptors (Lipinski definition) is 2. The summed E-state index contributed by atoms with van der Waals surface area (Å²) in [6.07, 6.45) is 1.16. The standard InChI is InChI=1S/C9H17N3O/c1-11(2)9(13)12-4-3-7-5-10-6-8(7)12/h7-8,10H,3-6H2,1-2H3. The van der Waals surface area contributed by atoms with Crippen molar-refractivity contribution in [2.45, 2.75) is 12.5 Å². The van der Waals surface area contributed by atoms with Gasteiger partial charge in [0.05, 0.1) is 0 Å². The van der Waals surface area contributed by atoms with Crippen LogP contribution in [-0.2, 0) is 0 Å². The highest BCUT2D eigenvalue weighted by Gasteiger charge is 2.40. The first-order valence-corrected chi connectivity index (χ1v) is 4.89. The third-order valence-electron chi connectivity index (χ3n) is 3.07. The second kappa shape index (κ2) is 3.18. The zero-order chi connectivity index (χ0) is 9.42. The topological polar surface area (TPSA) is 35.6 Å². The Bertz CT molecular complexity index is 217. The molecule has 0 saturated carbocycles. The highest BCUT2D eigenvalue weighted by molar-refractivity contribution is 5.74. The molecule has 1 N–H and O–H groups in total. The third-order valence-corrected chi connectivity index (χ3v) is 3.07. The average Bonchev–Trinajstić information content (AvgIpc) is 2.61. The van der Waals surface area contributed by atoms with Gasteiger partial charge in [0.1, 0.15) is 0 Å². The third kappa shape index (κ3) is 1.39. The van der Waals surface area contributed by atoms with Crippen molar-refractivity contribution >= 4 is 6.03 Å². The van der Waals surface area contributed by atoms with Crippen LogP contribution in [-0.4, -0.2) is 55.6 Å². The first kappa shape index (κ1) is 8.81. The molecule has 0 aromatic rings. The molecule has 13 heavy (non-hydrogen) atoms. The van der Waals surface area contributed by atoms with Gasteiger partial charge in [0.2, 0.25) is 0 Å². The quantitative estimate of drug-likeness (QED) is 0.572. The van der Waals surface area contributed by atoms with E-state index < -0.39 is 0 Å². The van der Waals surface area contributed by atoms with Crippen LogP contribution in [0.25, 0.3) is 0 Å². The summed E-state index contributed by atoms with van der Waals surface area (Å²) >= 11 is 0. The molecule has 0 bridgehead atoms. The van der Waals surface area contributed by atoms with Crippen molar-refractivity contribution in [3.05, 3.63) is 0 Å². The minimum absolute atomic E-state index is 0.163. The number of nitrogens with one attached hydrogen (secondary N) is 1. The molecular weight excluding hydrogens is 166 g/mol. The number of carbonyl (C=O) groups excluding carboxylic acids is 1. The Morgan fingerprint density at radius 2 is 2.23 bits per heavy atom. The van der Waals surface area contributed by atoms with E-state index >= 15 is 0 Å². The predicted molar refractivity (Wildman–Crippen MR) is 50.6 cm³/mol. The number of carbonyl (C=O) groups is 1. The Labute approximate surface area is 78.9 Å². The number of urea groups is 1. The molecule has 4 heteroatoms. The number of hydrogen-bond donors (Lipinski definition) is 1. The molecule has 0 radical (unpaired) electrons. The van der Waals surface area contributed by atoms with E-state index in [1.165, 1.54) is 0 Å². The summed E-state index contributed by atoms with van der Waals surface area (Å²) in [7, 11) is 3.64. The fourth-order valence-electron chi connectivity index (χ4n) is 2.34. The van der Waals surface area contributed by atoms with Crippen molar-refractivity contribution in [1.29, 1.82) is 0 Å². The molecular formula is C9H17N3O. The minimum atomic E-state index is 0.163. The van der Waals surface area contributed by atoms with Crippen LogP contribution in [0.3, 0.4) is 0 Å². The van der Waals surface area contributed by atoms with Gasteiger partial charge in [-0.3, -0.25) is 0 Å². The summed E-state index contributed by atoms with van der Waals surface area (Å²) in [6, 6.07) is 0.617. The van der Waals surface area contributed by atoms with Gasteiger partial charge in [-0.25, -0.2) is 4.79 Å². The molecule has 0 aromatic heterocycles. The molecule has 2 atom stereocenters. The fourth-order valence-corrected chi connectivity index (χ4v) is 2.34. The Balaban J connectivity index is 2.04. The summed E-state index contributed by atoms with van der Waals surface area (Å²) < 4.78 is 0. The molecule has 0 aliphatic carbocycles. The van der Waals surface area contributed by atoms with Gasteiger partial charge >= 0.3 is 6.03 Å². The molecule has 74 valence electrons. The molecule has 2 heterocycles.